The minimum absolute atomic E-state index is 0.138. The molecular formula is C17H22N4O2S. The van der Waals surface area contributed by atoms with E-state index in [1.165, 1.54) is 0 Å². The smallest absolute Gasteiger partial charge is 0.245 e. The molecule has 6 nitrogen and oxygen atoms in total. The highest BCUT2D eigenvalue weighted by molar-refractivity contribution is 7.16. The zero-order chi connectivity index (χ0) is 16.5. The van der Waals surface area contributed by atoms with Gasteiger partial charge in [-0.1, -0.05) is 0 Å². The van der Waals surface area contributed by atoms with Gasteiger partial charge in [-0.3, -0.25) is 4.79 Å². The molecule has 0 aromatic carbocycles. The molecule has 4 rings (SSSR count). The van der Waals surface area contributed by atoms with Crippen molar-refractivity contribution in [3.8, 4) is 0 Å². The summed E-state index contributed by atoms with van der Waals surface area (Å²) in [4.78, 5) is 26.9. The number of hydrogen-bond donors (Lipinski definition) is 1. The highest BCUT2D eigenvalue weighted by Gasteiger charge is 2.36. The maximum absolute atomic E-state index is 13.1. The number of rotatable bonds is 3. The Kier molecular flexibility index (Phi) is 4.37. The van der Waals surface area contributed by atoms with Gasteiger partial charge in [0.1, 0.15) is 23.0 Å². The number of carbonyl (C=O) groups excluding carboxylic acids is 1. The Labute approximate surface area is 145 Å². The van der Waals surface area contributed by atoms with Crippen LogP contribution in [0, 0.1) is 5.92 Å². The lowest BCUT2D eigenvalue weighted by Crippen LogP contribution is -2.49. The summed E-state index contributed by atoms with van der Waals surface area (Å²) in [6.07, 6.45) is 5.46. The van der Waals surface area contributed by atoms with Gasteiger partial charge in [-0.25, -0.2) is 9.97 Å². The molecule has 2 saturated heterocycles. The molecule has 2 aromatic heterocycles. The van der Waals surface area contributed by atoms with Crippen LogP contribution >= 0.6 is 11.3 Å². The van der Waals surface area contributed by atoms with E-state index in [0.717, 1.165) is 54.8 Å². The van der Waals surface area contributed by atoms with Crippen LogP contribution in [0.15, 0.2) is 17.8 Å². The number of aromatic nitrogens is 2. The van der Waals surface area contributed by atoms with Gasteiger partial charge < -0.3 is 14.9 Å². The third-order valence-corrected chi connectivity index (χ3v) is 5.96. The monoisotopic (exact) mass is 346 g/mol. The van der Waals surface area contributed by atoms with Gasteiger partial charge in [0.2, 0.25) is 5.91 Å². The average Bonchev–Trinajstić information content (AvgIpc) is 3.29. The largest absolute Gasteiger partial charge is 0.396 e. The summed E-state index contributed by atoms with van der Waals surface area (Å²) in [6, 6.07) is 1.90. The Morgan fingerprint density at radius 1 is 1.29 bits per heavy atom. The maximum Gasteiger partial charge on any atom is 0.245 e. The van der Waals surface area contributed by atoms with Gasteiger partial charge in [0, 0.05) is 26.2 Å². The molecule has 1 amide bonds. The number of aliphatic hydroxyl groups is 1. The van der Waals surface area contributed by atoms with E-state index in [4.69, 9.17) is 0 Å². The van der Waals surface area contributed by atoms with Gasteiger partial charge in [0.05, 0.1) is 5.39 Å². The molecule has 2 unspecified atom stereocenters. The van der Waals surface area contributed by atoms with E-state index in [1.807, 2.05) is 16.3 Å². The lowest BCUT2D eigenvalue weighted by Gasteiger charge is -2.36. The number of nitrogens with zero attached hydrogens (tertiary/aromatic N) is 4. The summed E-state index contributed by atoms with van der Waals surface area (Å²) < 4.78 is 0. The van der Waals surface area contributed by atoms with E-state index in [2.05, 4.69) is 14.9 Å². The molecule has 0 saturated carbocycles. The molecule has 2 aromatic rings. The Bertz CT molecular complexity index is 734. The first-order valence-electron chi connectivity index (χ1n) is 8.62. The van der Waals surface area contributed by atoms with Crippen LogP contribution in [-0.2, 0) is 4.79 Å². The average molecular weight is 346 g/mol. The summed E-state index contributed by atoms with van der Waals surface area (Å²) in [5, 5.41) is 12.5. The molecule has 24 heavy (non-hydrogen) atoms. The molecule has 7 heteroatoms. The van der Waals surface area contributed by atoms with Crippen LogP contribution < -0.4 is 4.90 Å². The molecule has 2 aliphatic rings. The molecule has 0 bridgehead atoms. The Morgan fingerprint density at radius 2 is 2.17 bits per heavy atom. The zero-order valence-electron chi connectivity index (χ0n) is 13.6. The van der Waals surface area contributed by atoms with Crippen LogP contribution in [0.2, 0.25) is 0 Å². The van der Waals surface area contributed by atoms with Crippen LogP contribution in [0.5, 0.6) is 0 Å². The lowest BCUT2D eigenvalue weighted by molar-refractivity contribution is -0.134. The zero-order valence-corrected chi connectivity index (χ0v) is 14.4. The van der Waals surface area contributed by atoms with E-state index in [0.29, 0.717) is 6.54 Å². The van der Waals surface area contributed by atoms with Crippen LogP contribution in [-0.4, -0.2) is 58.2 Å². The van der Waals surface area contributed by atoms with Gasteiger partial charge in [-0.2, -0.15) is 0 Å². The topological polar surface area (TPSA) is 69.6 Å². The normalized spacial score (nSPS) is 24.7. The van der Waals surface area contributed by atoms with Crippen LogP contribution in [0.4, 0.5) is 5.82 Å². The molecule has 0 radical (unpaired) electrons. The number of anilines is 1. The maximum atomic E-state index is 13.1. The number of likely N-dealkylation sites (tertiary alicyclic amines) is 1. The number of fused-ring (bicyclic) bond motifs is 1. The van der Waals surface area contributed by atoms with Crippen molar-refractivity contribution in [1.29, 1.82) is 0 Å². The number of carbonyl (C=O) groups is 1. The van der Waals surface area contributed by atoms with Crippen molar-refractivity contribution in [2.75, 3.05) is 31.1 Å². The summed E-state index contributed by atoms with van der Waals surface area (Å²) in [6.45, 7) is 2.50. The van der Waals surface area contributed by atoms with Gasteiger partial charge in [0.25, 0.3) is 0 Å². The Balaban J connectivity index is 1.58. The molecule has 2 aliphatic heterocycles. The first-order valence-corrected chi connectivity index (χ1v) is 9.50. The molecule has 1 N–H and O–H groups in total. The summed E-state index contributed by atoms with van der Waals surface area (Å²) >= 11 is 1.60. The fourth-order valence-corrected chi connectivity index (χ4v) is 4.64. The standard InChI is InChI=1S/C17H22N4O2S/c22-10-12-3-1-6-20(9-12)17(23)14-4-2-7-21(14)15-13-5-8-24-16(13)19-11-18-15/h5,8,11-12,14,22H,1-4,6-7,9-10H2. The first-order chi connectivity index (χ1) is 11.8. The fourth-order valence-electron chi connectivity index (χ4n) is 3.91. The van der Waals surface area contributed by atoms with Crippen molar-refractivity contribution in [2.45, 2.75) is 31.7 Å². The second kappa shape index (κ2) is 6.64. The van der Waals surface area contributed by atoms with Gasteiger partial charge >= 0.3 is 0 Å². The van der Waals surface area contributed by atoms with Crippen molar-refractivity contribution in [2.24, 2.45) is 5.92 Å². The lowest BCUT2D eigenvalue weighted by atomic mass is 9.98. The molecule has 2 atom stereocenters. The van der Waals surface area contributed by atoms with E-state index in [1.54, 1.807) is 17.7 Å². The van der Waals surface area contributed by atoms with Crippen LogP contribution in [0.3, 0.4) is 0 Å². The molecule has 0 spiro atoms. The Hall–Kier alpha value is -1.73. The summed E-state index contributed by atoms with van der Waals surface area (Å²) in [7, 11) is 0. The summed E-state index contributed by atoms with van der Waals surface area (Å²) in [5.74, 6) is 1.29. The predicted octanol–water partition coefficient (Wildman–Crippen LogP) is 1.89. The third kappa shape index (κ3) is 2.75. The number of amides is 1. The minimum Gasteiger partial charge on any atom is -0.396 e. The predicted molar refractivity (Wildman–Crippen MR) is 94.2 cm³/mol. The number of aliphatic hydroxyl groups excluding tert-OH is 1. The molecular weight excluding hydrogens is 324 g/mol. The van der Waals surface area contributed by atoms with Gasteiger partial charge in [0.15, 0.2) is 0 Å². The van der Waals surface area contributed by atoms with Crippen molar-refractivity contribution < 1.29 is 9.90 Å². The highest BCUT2D eigenvalue weighted by Crippen LogP contribution is 2.32. The molecule has 0 aliphatic carbocycles. The van der Waals surface area contributed by atoms with E-state index in [-0.39, 0.29) is 24.5 Å². The molecule has 2 fully saturated rings. The highest BCUT2D eigenvalue weighted by atomic mass is 32.1. The fraction of sp³-hybridized carbons (Fsp3) is 0.588. The minimum atomic E-state index is -0.138. The first kappa shape index (κ1) is 15.8. The number of hydrogen-bond acceptors (Lipinski definition) is 6. The second-order valence-electron chi connectivity index (χ2n) is 6.66. The van der Waals surface area contributed by atoms with E-state index < -0.39 is 0 Å². The molecule has 128 valence electrons. The third-order valence-electron chi connectivity index (χ3n) is 5.14. The molecule has 4 heterocycles. The van der Waals surface area contributed by atoms with Crippen LogP contribution in [0.1, 0.15) is 25.7 Å². The summed E-state index contributed by atoms with van der Waals surface area (Å²) in [5.41, 5.74) is 0. The van der Waals surface area contributed by atoms with Crippen molar-refractivity contribution in [3.63, 3.8) is 0 Å². The SMILES string of the molecule is O=C(C1CCCN1c1ncnc2sccc12)N1CCCC(CO)C1. The van der Waals surface area contributed by atoms with Gasteiger partial charge in [-0.05, 0) is 43.0 Å². The van der Waals surface area contributed by atoms with E-state index >= 15 is 0 Å². The number of thiophene rings is 1. The van der Waals surface area contributed by atoms with E-state index in [9.17, 15) is 9.90 Å². The van der Waals surface area contributed by atoms with Crippen molar-refractivity contribution in [1.82, 2.24) is 14.9 Å². The Morgan fingerprint density at radius 3 is 3.04 bits per heavy atom. The van der Waals surface area contributed by atoms with Crippen molar-refractivity contribution >= 4 is 33.3 Å². The van der Waals surface area contributed by atoms with Crippen LogP contribution in [0.25, 0.3) is 10.2 Å². The quantitative estimate of drug-likeness (QED) is 0.919. The number of piperidine rings is 1. The van der Waals surface area contributed by atoms with Gasteiger partial charge in [-0.15, -0.1) is 11.3 Å². The second-order valence-corrected chi connectivity index (χ2v) is 7.56. The van der Waals surface area contributed by atoms with Crippen molar-refractivity contribution in [3.05, 3.63) is 17.8 Å².